The normalized spacial score (nSPS) is 10.7. The highest BCUT2D eigenvalue weighted by molar-refractivity contribution is 7.99. The van der Waals surface area contributed by atoms with Gasteiger partial charge in [-0.1, -0.05) is 41.6 Å². The van der Waals surface area contributed by atoms with Crippen LogP contribution in [0.5, 0.6) is 0 Å². The Kier molecular flexibility index (Phi) is 5.49. The van der Waals surface area contributed by atoms with Gasteiger partial charge in [-0.15, -0.1) is 10.2 Å². The van der Waals surface area contributed by atoms with Crippen molar-refractivity contribution >= 4 is 35.0 Å². The van der Waals surface area contributed by atoms with Crippen molar-refractivity contribution in [3.05, 3.63) is 58.6 Å². The van der Waals surface area contributed by atoms with E-state index in [1.807, 2.05) is 44.2 Å². The van der Waals surface area contributed by atoms with Crippen molar-refractivity contribution in [1.29, 1.82) is 0 Å². The Morgan fingerprint density at radius 2 is 2.00 bits per heavy atom. The van der Waals surface area contributed by atoms with Crippen molar-refractivity contribution < 1.29 is 4.79 Å². The van der Waals surface area contributed by atoms with Crippen LogP contribution in [0.4, 0.5) is 5.69 Å². The standard InChI is InChI=1S/C18H18ClN5OS/c1-11-6-7-15(8-12(11)2)21-16(25)10-26-18-23-22-17(24(18)20)13-4-3-5-14(19)9-13/h3-9H,10,20H2,1-2H3,(H,21,25). The second-order valence-electron chi connectivity index (χ2n) is 5.82. The molecule has 8 heteroatoms. The van der Waals surface area contributed by atoms with E-state index in [0.29, 0.717) is 16.0 Å². The van der Waals surface area contributed by atoms with Gasteiger partial charge in [-0.25, -0.2) is 4.68 Å². The van der Waals surface area contributed by atoms with Crippen molar-refractivity contribution in [2.24, 2.45) is 0 Å². The molecule has 26 heavy (non-hydrogen) atoms. The molecule has 1 aromatic heterocycles. The largest absolute Gasteiger partial charge is 0.335 e. The lowest BCUT2D eigenvalue weighted by Crippen LogP contribution is -2.16. The van der Waals surface area contributed by atoms with Gasteiger partial charge in [-0.05, 0) is 49.2 Å². The molecule has 0 radical (unpaired) electrons. The van der Waals surface area contributed by atoms with Gasteiger partial charge in [0.15, 0.2) is 5.82 Å². The molecule has 0 aliphatic carbocycles. The van der Waals surface area contributed by atoms with Crippen LogP contribution in [0, 0.1) is 13.8 Å². The summed E-state index contributed by atoms with van der Waals surface area (Å²) in [6.45, 7) is 4.04. The predicted molar refractivity (Wildman–Crippen MR) is 106 cm³/mol. The number of benzene rings is 2. The van der Waals surface area contributed by atoms with Crippen LogP contribution in [0.1, 0.15) is 11.1 Å². The number of rotatable bonds is 5. The number of nitrogens with two attached hydrogens (primary N) is 1. The molecule has 0 fully saturated rings. The number of halogens is 1. The fourth-order valence-electron chi connectivity index (χ4n) is 2.35. The molecule has 3 aromatic rings. The van der Waals surface area contributed by atoms with Gasteiger partial charge in [0.2, 0.25) is 11.1 Å². The number of hydrogen-bond donors (Lipinski definition) is 2. The quantitative estimate of drug-likeness (QED) is 0.515. The van der Waals surface area contributed by atoms with Crippen LogP contribution < -0.4 is 11.2 Å². The third-order valence-corrected chi connectivity index (χ3v) is 5.05. The fourth-order valence-corrected chi connectivity index (χ4v) is 3.19. The molecule has 3 rings (SSSR count). The summed E-state index contributed by atoms with van der Waals surface area (Å²) in [5.41, 5.74) is 3.84. The molecule has 1 heterocycles. The third-order valence-electron chi connectivity index (χ3n) is 3.87. The molecule has 134 valence electrons. The highest BCUT2D eigenvalue weighted by Crippen LogP contribution is 2.24. The topological polar surface area (TPSA) is 85.8 Å². The number of thioether (sulfide) groups is 1. The van der Waals surface area contributed by atoms with E-state index in [1.54, 1.807) is 12.1 Å². The van der Waals surface area contributed by atoms with Crippen LogP contribution in [-0.4, -0.2) is 26.5 Å². The summed E-state index contributed by atoms with van der Waals surface area (Å²) in [7, 11) is 0. The molecule has 0 aliphatic heterocycles. The molecule has 3 N–H and O–H groups in total. The average molecular weight is 388 g/mol. The van der Waals surface area contributed by atoms with E-state index in [9.17, 15) is 4.79 Å². The molecule has 0 saturated carbocycles. The SMILES string of the molecule is Cc1ccc(NC(=O)CSc2nnc(-c3cccc(Cl)c3)n2N)cc1C. The predicted octanol–water partition coefficient (Wildman–Crippen LogP) is 3.66. The summed E-state index contributed by atoms with van der Waals surface area (Å²) >= 11 is 7.22. The highest BCUT2D eigenvalue weighted by Gasteiger charge is 2.14. The number of nitrogen functional groups attached to an aromatic ring is 1. The summed E-state index contributed by atoms with van der Waals surface area (Å²) in [6.07, 6.45) is 0. The van der Waals surface area contributed by atoms with Gasteiger partial charge in [-0.2, -0.15) is 0 Å². The lowest BCUT2D eigenvalue weighted by Gasteiger charge is -2.07. The number of nitrogens with zero attached hydrogens (tertiary/aromatic N) is 3. The van der Waals surface area contributed by atoms with E-state index >= 15 is 0 Å². The molecule has 2 aromatic carbocycles. The maximum absolute atomic E-state index is 12.2. The van der Waals surface area contributed by atoms with Gasteiger partial charge in [0, 0.05) is 16.3 Å². The molecule has 0 atom stereocenters. The van der Waals surface area contributed by atoms with Crippen LogP contribution in [0.3, 0.4) is 0 Å². The Hall–Kier alpha value is -2.51. The first-order chi connectivity index (χ1) is 12.4. The number of carbonyl (C=O) groups excluding carboxylic acids is 1. The van der Waals surface area contributed by atoms with Crippen LogP contribution >= 0.6 is 23.4 Å². The van der Waals surface area contributed by atoms with Gasteiger partial charge < -0.3 is 11.2 Å². The molecule has 0 bridgehead atoms. The number of hydrogen-bond acceptors (Lipinski definition) is 5. The smallest absolute Gasteiger partial charge is 0.234 e. The fraction of sp³-hybridized carbons (Fsp3) is 0.167. The van der Waals surface area contributed by atoms with E-state index in [2.05, 4.69) is 15.5 Å². The summed E-state index contributed by atoms with van der Waals surface area (Å²) < 4.78 is 1.36. The number of amides is 1. The summed E-state index contributed by atoms with van der Waals surface area (Å²) in [5.74, 6) is 6.59. The van der Waals surface area contributed by atoms with Crippen LogP contribution in [0.2, 0.25) is 5.02 Å². The minimum absolute atomic E-state index is 0.134. The van der Waals surface area contributed by atoms with Crippen LogP contribution in [0.25, 0.3) is 11.4 Å². The Morgan fingerprint density at radius 1 is 1.19 bits per heavy atom. The number of aromatic nitrogens is 3. The molecular weight excluding hydrogens is 370 g/mol. The lowest BCUT2D eigenvalue weighted by molar-refractivity contribution is -0.113. The lowest BCUT2D eigenvalue weighted by atomic mass is 10.1. The Morgan fingerprint density at radius 3 is 2.73 bits per heavy atom. The van der Waals surface area contributed by atoms with Gasteiger partial charge in [-0.3, -0.25) is 4.79 Å². The maximum atomic E-state index is 12.2. The molecule has 6 nitrogen and oxygen atoms in total. The first-order valence-electron chi connectivity index (χ1n) is 7.90. The monoisotopic (exact) mass is 387 g/mol. The molecule has 0 aliphatic rings. The van der Waals surface area contributed by atoms with Gasteiger partial charge in [0.1, 0.15) is 0 Å². The zero-order valence-corrected chi connectivity index (χ0v) is 15.9. The van der Waals surface area contributed by atoms with Crippen LogP contribution in [0.15, 0.2) is 47.6 Å². The zero-order valence-electron chi connectivity index (χ0n) is 14.4. The van der Waals surface area contributed by atoms with E-state index in [4.69, 9.17) is 17.4 Å². The molecule has 0 saturated heterocycles. The van der Waals surface area contributed by atoms with Crippen molar-refractivity contribution in [3.8, 4) is 11.4 Å². The Labute approximate surface area is 160 Å². The van der Waals surface area contributed by atoms with Gasteiger partial charge >= 0.3 is 0 Å². The highest BCUT2D eigenvalue weighted by atomic mass is 35.5. The minimum atomic E-state index is -0.134. The Balaban J connectivity index is 1.64. The number of carbonyl (C=O) groups is 1. The number of nitrogens with one attached hydrogen (secondary N) is 1. The molecular formula is C18H18ClN5OS. The Bertz CT molecular complexity index is 957. The summed E-state index contributed by atoms with van der Waals surface area (Å²) in [6, 6.07) is 13.0. The van der Waals surface area contributed by atoms with Gasteiger partial charge in [0.25, 0.3) is 0 Å². The van der Waals surface area contributed by atoms with E-state index in [1.165, 1.54) is 22.0 Å². The maximum Gasteiger partial charge on any atom is 0.234 e. The molecule has 1 amide bonds. The second kappa shape index (κ2) is 7.80. The van der Waals surface area contributed by atoms with Crippen molar-refractivity contribution in [1.82, 2.24) is 14.9 Å². The van der Waals surface area contributed by atoms with E-state index in [-0.39, 0.29) is 11.7 Å². The van der Waals surface area contributed by atoms with Crippen molar-refractivity contribution in [2.45, 2.75) is 19.0 Å². The minimum Gasteiger partial charge on any atom is -0.335 e. The number of aryl methyl sites for hydroxylation is 2. The third kappa shape index (κ3) is 4.17. The molecule has 0 spiro atoms. The average Bonchev–Trinajstić information content (AvgIpc) is 2.97. The first-order valence-corrected chi connectivity index (χ1v) is 9.27. The second-order valence-corrected chi connectivity index (χ2v) is 7.20. The van der Waals surface area contributed by atoms with E-state index in [0.717, 1.165) is 16.8 Å². The summed E-state index contributed by atoms with van der Waals surface area (Å²) in [4.78, 5) is 12.2. The first kappa shape index (κ1) is 18.3. The number of anilines is 1. The summed E-state index contributed by atoms with van der Waals surface area (Å²) in [5, 5.41) is 12.1. The van der Waals surface area contributed by atoms with Crippen molar-refractivity contribution in [3.63, 3.8) is 0 Å². The van der Waals surface area contributed by atoms with E-state index < -0.39 is 0 Å². The van der Waals surface area contributed by atoms with Gasteiger partial charge in [0.05, 0.1) is 5.75 Å². The molecule has 0 unspecified atom stereocenters. The zero-order chi connectivity index (χ0) is 18.7. The van der Waals surface area contributed by atoms with Crippen molar-refractivity contribution in [2.75, 3.05) is 16.9 Å². The van der Waals surface area contributed by atoms with Crippen LogP contribution in [-0.2, 0) is 4.79 Å².